The molecule has 0 aliphatic carbocycles. The Labute approximate surface area is 114 Å². The van der Waals surface area contributed by atoms with Gasteiger partial charge in [0.15, 0.2) is 5.75 Å². The summed E-state index contributed by atoms with van der Waals surface area (Å²) in [6, 6.07) is 13.7. The predicted octanol–water partition coefficient (Wildman–Crippen LogP) is 1.78. The van der Waals surface area contributed by atoms with E-state index in [1.54, 1.807) is 18.2 Å². The number of hydrogen-bond donors (Lipinski definition) is 3. The lowest BCUT2D eigenvalue weighted by molar-refractivity contribution is 0.469. The highest BCUT2D eigenvalue weighted by molar-refractivity contribution is 5.97. The Morgan fingerprint density at radius 3 is 2.45 bits per heavy atom. The van der Waals surface area contributed by atoms with Crippen LogP contribution in [0.5, 0.6) is 11.5 Å². The second-order valence-electron chi connectivity index (χ2n) is 4.27. The zero-order valence-electron chi connectivity index (χ0n) is 10.4. The van der Waals surface area contributed by atoms with Crippen molar-refractivity contribution in [1.82, 2.24) is 4.98 Å². The molecule has 0 aliphatic rings. The van der Waals surface area contributed by atoms with Crippen LogP contribution in [0.25, 0.3) is 22.0 Å². The summed E-state index contributed by atoms with van der Waals surface area (Å²) in [6.07, 6.45) is 0. The summed E-state index contributed by atoms with van der Waals surface area (Å²) in [5.74, 6) is -0.259. The van der Waals surface area contributed by atoms with Crippen LogP contribution in [0.4, 0.5) is 0 Å². The number of para-hydroxylation sites is 1. The highest BCUT2D eigenvalue weighted by Crippen LogP contribution is 2.34. The van der Waals surface area contributed by atoms with Crippen LogP contribution in [0.1, 0.15) is 0 Å². The minimum atomic E-state index is -0.544. The third-order valence-corrected chi connectivity index (χ3v) is 3.03. The fourth-order valence-corrected chi connectivity index (χ4v) is 2.19. The summed E-state index contributed by atoms with van der Waals surface area (Å²) >= 11 is 0. The molecule has 0 unspecified atom stereocenters. The fourth-order valence-electron chi connectivity index (χ4n) is 2.19. The Hall–Kier alpha value is -2.79. The molecule has 5 N–H and O–H groups in total. The SMILES string of the molecule is O.O=c1[nH]c2ccccc2c(-c2cccc(O)c2)c1O. The van der Waals surface area contributed by atoms with Gasteiger partial charge in [0.05, 0.1) is 0 Å². The van der Waals surface area contributed by atoms with Crippen LogP contribution in [0.3, 0.4) is 0 Å². The molecule has 3 rings (SSSR count). The number of pyridine rings is 1. The van der Waals surface area contributed by atoms with Gasteiger partial charge in [0.25, 0.3) is 5.56 Å². The first-order valence-electron chi connectivity index (χ1n) is 5.80. The van der Waals surface area contributed by atoms with Crippen LogP contribution in [-0.4, -0.2) is 20.7 Å². The number of H-pyrrole nitrogens is 1. The van der Waals surface area contributed by atoms with Gasteiger partial charge in [-0.25, -0.2) is 0 Å². The van der Waals surface area contributed by atoms with E-state index in [1.807, 2.05) is 18.2 Å². The maximum Gasteiger partial charge on any atom is 0.291 e. The number of hydrogen-bond acceptors (Lipinski definition) is 3. The monoisotopic (exact) mass is 271 g/mol. The van der Waals surface area contributed by atoms with E-state index in [4.69, 9.17) is 0 Å². The van der Waals surface area contributed by atoms with Gasteiger partial charge in [-0.1, -0.05) is 30.3 Å². The van der Waals surface area contributed by atoms with Crippen molar-refractivity contribution in [2.24, 2.45) is 0 Å². The van der Waals surface area contributed by atoms with E-state index in [2.05, 4.69) is 4.98 Å². The zero-order valence-corrected chi connectivity index (χ0v) is 10.4. The Kier molecular flexibility index (Phi) is 3.45. The van der Waals surface area contributed by atoms with Gasteiger partial charge in [-0.3, -0.25) is 4.79 Å². The summed E-state index contributed by atoms with van der Waals surface area (Å²) < 4.78 is 0. The molecule has 0 spiro atoms. The number of aromatic hydroxyl groups is 2. The molecular weight excluding hydrogens is 258 g/mol. The number of rotatable bonds is 1. The van der Waals surface area contributed by atoms with Crippen LogP contribution in [0, 0.1) is 0 Å². The van der Waals surface area contributed by atoms with Gasteiger partial charge in [0.2, 0.25) is 0 Å². The summed E-state index contributed by atoms with van der Waals surface area (Å²) in [5.41, 5.74) is 1.12. The minimum absolute atomic E-state index is 0. The molecule has 102 valence electrons. The lowest BCUT2D eigenvalue weighted by Crippen LogP contribution is -2.06. The number of fused-ring (bicyclic) bond motifs is 1. The second kappa shape index (κ2) is 5.07. The van der Waals surface area contributed by atoms with Gasteiger partial charge in [0.1, 0.15) is 5.75 Å². The van der Waals surface area contributed by atoms with Gasteiger partial charge in [-0.15, -0.1) is 0 Å². The maximum atomic E-state index is 11.7. The van der Waals surface area contributed by atoms with Crippen molar-refractivity contribution in [1.29, 1.82) is 0 Å². The predicted molar refractivity (Wildman–Crippen MR) is 76.9 cm³/mol. The van der Waals surface area contributed by atoms with Crippen molar-refractivity contribution in [3.8, 4) is 22.6 Å². The average Bonchev–Trinajstić information content (AvgIpc) is 2.40. The lowest BCUT2D eigenvalue weighted by Gasteiger charge is -2.09. The van der Waals surface area contributed by atoms with Crippen molar-refractivity contribution in [3.63, 3.8) is 0 Å². The first-order chi connectivity index (χ1) is 9.16. The summed E-state index contributed by atoms with van der Waals surface area (Å²) in [6.45, 7) is 0. The molecule has 3 aromatic rings. The summed E-state index contributed by atoms with van der Waals surface area (Å²) in [5, 5.41) is 20.3. The standard InChI is InChI=1S/C15H11NO3.H2O/c17-10-5-3-4-9(8-10)13-11-6-1-2-7-12(11)16-15(19)14(13)18;/h1-8,17-18H,(H,16,19);1H2. The third kappa shape index (κ3) is 2.10. The lowest BCUT2D eigenvalue weighted by atomic mass is 10.00. The molecule has 0 aliphatic heterocycles. The quantitative estimate of drug-likeness (QED) is 0.628. The number of benzene rings is 2. The molecule has 0 atom stereocenters. The van der Waals surface area contributed by atoms with Crippen LogP contribution in [0.15, 0.2) is 53.3 Å². The number of phenolic OH excluding ortho intramolecular Hbond substituents is 1. The Balaban J connectivity index is 0.00000147. The van der Waals surface area contributed by atoms with Crippen LogP contribution < -0.4 is 5.56 Å². The molecular formula is C15H13NO4. The number of aromatic amines is 1. The molecule has 5 heteroatoms. The minimum Gasteiger partial charge on any atom is -0.508 e. The molecule has 1 heterocycles. The topological polar surface area (TPSA) is 105 Å². The van der Waals surface area contributed by atoms with Crippen molar-refractivity contribution < 1.29 is 15.7 Å². The van der Waals surface area contributed by atoms with Crippen LogP contribution in [0.2, 0.25) is 0 Å². The van der Waals surface area contributed by atoms with E-state index in [9.17, 15) is 15.0 Å². The second-order valence-corrected chi connectivity index (χ2v) is 4.27. The highest BCUT2D eigenvalue weighted by Gasteiger charge is 2.13. The van der Waals surface area contributed by atoms with Gasteiger partial charge in [0, 0.05) is 16.5 Å². The Bertz CT molecular complexity index is 823. The van der Waals surface area contributed by atoms with E-state index in [0.717, 1.165) is 5.39 Å². The van der Waals surface area contributed by atoms with Crippen LogP contribution >= 0.6 is 0 Å². The number of phenols is 1. The molecule has 1 aromatic heterocycles. The summed E-state index contributed by atoms with van der Waals surface area (Å²) in [4.78, 5) is 14.4. The molecule has 0 radical (unpaired) electrons. The van der Waals surface area contributed by atoms with Gasteiger partial charge < -0.3 is 20.7 Å². The molecule has 0 saturated carbocycles. The number of aromatic nitrogens is 1. The number of nitrogens with one attached hydrogen (secondary N) is 1. The maximum absolute atomic E-state index is 11.7. The Morgan fingerprint density at radius 1 is 0.950 bits per heavy atom. The van der Waals surface area contributed by atoms with Crippen molar-refractivity contribution in [2.45, 2.75) is 0 Å². The molecule has 0 bridgehead atoms. The zero-order chi connectivity index (χ0) is 13.4. The molecule has 5 nitrogen and oxygen atoms in total. The first-order valence-corrected chi connectivity index (χ1v) is 5.80. The molecule has 0 amide bonds. The first kappa shape index (κ1) is 13.6. The third-order valence-electron chi connectivity index (χ3n) is 3.03. The normalized spacial score (nSPS) is 10.2. The Morgan fingerprint density at radius 2 is 1.70 bits per heavy atom. The van der Waals surface area contributed by atoms with Crippen LogP contribution in [-0.2, 0) is 0 Å². The van der Waals surface area contributed by atoms with Crippen molar-refractivity contribution in [3.05, 3.63) is 58.9 Å². The van der Waals surface area contributed by atoms with E-state index < -0.39 is 5.56 Å². The largest absolute Gasteiger partial charge is 0.508 e. The fraction of sp³-hybridized carbons (Fsp3) is 0. The van der Waals surface area contributed by atoms with E-state index >= 15 is 0 Å². The average molecular weight is 271 g/mol. The van der Waals surface area contributed by atoms with Crippen molar-refractivity contribution >= 4 is 10.9 Å². The highest BCUT2D eigenvalue weighted by atomic mass is 16.3. The van der Waals surface area contributed by atoms with E-state index in [0.29, 0.717) is 16.6 Å². The van der Waals surface area contributed by atoms with Gasteiger partial charge in [-0.05, 0) is 23.8 Å². The van der Waals surface area contributed by atoms with Gasteiger partial charge in [-0.2, -0.15) is 0 Å². The molecule has 0 fully saturated rings. The van der Waals surface area contributed by atoms with Crippen molar-refractivity contribution in [2.75, 3.05) is 0 Å². The van der Waals surface area contributed by atoms with E-state index in [-0.39, 0.29) is 17.0 Å². The summed E-state index contributed by atoms with van der Waals surface area (Å²) in [7, 11) is 0. The smallest absolute Gasteiger partial charge is 0.291 e. The van der Waals surface area contributed by atoms with Gasteiger partial charge >= 0.3 is 0 Å². The molecule has 0 saturated heterocycles. The van der Waals surface area contributed by atoms with E-state index in [1.165, 1.54) is 12.1 Å². The molecule has 20 heavy (non-hydrogen) atoms. The molecule has 2 aromatic carbocycles.